The summed E-state index contributed by atoms with van der Waals surface area (Å²) in [4.78, 5) is 11.5. The summed E-state index contributed by atoms with van der Waals surface area (Å²) in [5, 5.41) is 6.08. The van der Waals surface area contributed by atoms with E-state index >= 15 is 0 Å². The lowest BCUT2D eigenvalue weighted by Gasteiger charge is -2.25. The fourth-order valence-electron chi connectivity index (χ4n) is 1.85. The van der Waals surface area contributed by atoms with Crippen LogP contribution in [0.3, 0.4) is 0 Å². The maximum Gasteiger partial charge on any atom is 0.234 e. The van der Waals surface area contributed by atoms with Gasteiger partial charge in [-0.3, -0.25) is 4.79 Å². The number of nitrogens with one attached hydrogen (secondary N) is 2. The summed E-state index contributed by atoms with van der Waals surface area (Å²) in [5.74, 6) is 0.0499. The van der Waals surface area contributed by atoms with Crippen LogP contribution in [0.25, 0.3) is 0 Å². The Hall–Kier alpha value is -1.35. The Morgan fingerprint density at radius 1 is 1.22 bits per heavy atom. The Morgan fingerprint density at radius 2 is 1.83 bits per heavy atom. The highest BCUT2D eigenvalue weighted by atomic mass is 16.1. The van der Waals surface area contributed by atoms with Crippen LogP contribution in [0.1, 0.15) is 33.3 Å². The van der Waals surface area contributed by atoms with E-state index in [4.69, 9.17) is 0 Å². The van der Waals surface area contributed by atoms with Gasteiger partial charge in [-0.25, -0.2) is 0 Å². The van der Waals surface area contributed by atoms with Crippen molar-refractivity contribution >= 4 is 5.91 Å². The van der Waals surface area contributed by atoms with Crippen molar-refractivity contribution in [2.45, 2.75) is 39.2 Å². The molecule has 1 amide bonds. The Bertz CT molecular complexity index is 371. The van der Waals surface area contributed by atoms with Crippen molar-refractivity contribution < 1.29 is 4.79 Å². The SMILES string of the molecule is CC(C)NC(=O)CNCC(C)(C)c1ccccc1. The summed E-state index contributed by atoms with van der Waals surface area (Å²) >= 11 is 0. The number of amides is 1. The summed E-state index contributed by atoms with van der Waals surface area (Å²) in [6.07, 6.45) is 0. The molecule has 1 aromatic carbocycles. The second-order valence-corrected chi connectivity index (χ2v) is 5.58. The predicted octanol–water partition coefficient (Wildman–Crippen LogP) is 2.08. The molecule has 100 valence electrons. The van der Waals surface area contributed by atoms with Crippen LogP contribution in [0, 0.1) is 0 Å². The van der Waals surface area contributed by atoms with Gasteiger partial charge in [0.2, 0.25) is 5.91 Å². The van der Waals surface area contributed by atoms with E-state index in [0.717, 1.165) is 6.54 Å². The molecular formula is C15H24N2O. The van der Waals surface area contributed by atoms with Gasteiger partial charge in [-0.2, -0.15) is 0 Å². The van der Waals surface area contributed by atoms with E-state index < -0.39 is 0 Å². The highest BCUT2D eigenvalue weighted by Crippen LogP contribution is 2.21. The first-order valence-electron chi connectivity index (χ1n) is 6.47. The maximum absolute atomic E-state index is 11.5. The average Bonchev–Trinajstić information content (AvgIpc) is 2.29. The van der Waals surface area contributed by atoms with Gasteiger partial charge >= 0.3 is 0 Å². The van der Waals surface area contributed by atoms with Crippen LogP contribution in [0.5, 0.6) is 0 Å². The molecule has 1 rings (SSSR count). The summed E-state index contributed by atoms with van der Waals surface area (Å²) in [6, 6.07) is 10.5. The molecule has 0 heterocycles. The van der Waals surface area contributed by atoms with E-state index in [2.05, 4.69) is 36.6 Å². The lowest BCUT2D eigenvalue weighted by atomic mass is 9.85. The maximum atomic E-state index is 11.5. The summed E-state index contributed by atoms with van der Waals surface area (Å²) < 4.78 is 0. The Labute approximate surface area is 110 Å². The molecule has 0 aliphatic heterocycles. The van der Waals surface area contributed by atoms with Crippen molar-refractivity contribution in [1.82, 2.24) is 10.6 Å². The van der Waals surface area contributed by atoms with E-state index in [1.165, 1.54) is 5.56 Å². The first-order chi connectivity index (χ1) is 8.42. The molecule has 0 aliphatic rings. The number of rotatable bonds is 6. The average molecular weight is 248 g/mol. The fraction of sp³-hybridized carbons (Fsp3) is 0.533. The number of hydrogen-bond donors (Lipinski definition) is 2. The molecule has 0 saturated carbocycles. The monoisotopic (exact) mass is 248 g/mol. The zero-order valence-electron chi connectivity index (χ0n) is 11.8. The standard InChI is InChI=1S/C15H24N2O/c1-12(2)17-14(18)10-16-11-15(3,4)13-8-6-5-7-9-13/h5-9,12,16H,10-11H2,1-4H3,(H,17,18). The highest BCUT2D eigenvalue weighted by Gasteiger charge is 2.19. The summed E-state index contributed by atoms with van der Waals surface area (Å²) in [7, 11) is 0. The van der Waals surface area contributed by atoms with Gasteiger partial charge in [-0.15, -0.1) is 0 Å². The Kier molecular flexibility index (Phi) is 5.35. The number of carbonyl (C=O) groups is 1. The minimum absolute atomic E-state index is 0.0272. The highest BCUT2D eigenvalue weighted by molar-refractivity contribution is 5.78. The lowest BCUT2D eigenvalue weighted by molar-refractivity contribution is -0.120. The molecular weight excluding hydrogens is 224 g/mol. The predicted molar refractivity (Wildman–Crippen MR) is 75.6 cm³/mol. The first-order valence-corrected chi connectivity index (χ1v) is 6.47. The Morgan fingerprint density at radius 3 is 2.39 bits per heavy atom. The Balaban J connectivity index is 2.41. The molecule has 1 aromatic rings. The van der Waals surface area contributed by atoms with Crippen molar-refractivity contribution in [2.24, 2.45) is 0 Å². The van der Waals surface area contributed by atoms with Crippen LogP contribution < -0.4 is 10.6 Å². The van der Waals surface area contributed by atoms with Gasteiger partial charge in [0.25, 0.3) is 0 Å². The molecule has 0 aromatic heterocycles. The quantitative estimate of drug-likeness (QED) is 0.809. The number of carbonyl (C=O) groups excluding carboxylic acids is 1. The van der Waals surface area contributed by atoms with Gasteiger partial charge in [-0.1, -0.05) is 44.2 Å². The summed E-state index contributed by atoms with van der Waals surface area (Å²) in [6.45, 7) is 9.43. The van der Waals surface area contributed by atoms with Crippen molar-refractivity contribution in [3.05, 3.63) is 35.9 Å². The molecule has 0 fully saturated rings. The third kappa shape index (κ3) is 4.88. The molecule has 2 N–H and O–H groups in total. The zero-order chi connectivity index (χ0) is 13.6. The minimum atomic E-state index is 0.0272. The molecule has 0 atom stereocenters. The lowest BCUT2D eigenvalue weighted by Crippen LogP contribution is -2.41. The molecule has 0 radical (unpaired) electrons. The van der Waals surface area contributed by atoms with E-state index in [-0.39, 0.29) is 17.4 Å². The topological polar surface area (TPSA) is 41.1 Å². The molecule has 3 nitrogen and oxygen atoms in total. The zero-order valence-corrected chi connectivity index (χ0v) is 11.8. The second-order valence-electron chi connectivity index (χ2n) is 5.58. The largest absolute Gasteiger partial charge is 0.353 e. The van der Waals surface area contributed by atoms with Crippen LogP contribution >= 0.6 is 0 Å². The van der Waals surface area contributed by atoms with Gasteiger partial charge < -0.3 is 10.6 Å². The van der Waals surface area contributed by atoms with Crippen molar-refractivity contribution in [1.29, 1.82) is 0 Å². The van der Waals surface area contributed by atoms with Crippen molar-refractivity contribution in [2.75, 3.05) is 13.1 Å². The number of hydrogen-bond acceptors (Lipinski definition) is 2. The van der Waals surface area contributed by atoms with Gasteiger partial charge in [0.1, 0.15) is 0 Å². The van der Waals surface area contributed by atoms with Gasteiger partial charge in [-0.05, 0) is 19.4 Å². The van der Waals surface area contributed by atoms with Crippen molar-refractivity contribution in [3.8, 4) is 0 Å². The van der Waals surface area contributed by atoms with Crippen LogP contribution in [-0.4, -0.2) is 25.0 Å². The summed E-state index contributed by atoms with van der Waals surface area (Å²) in [5.41, 5.74) is 1.31. The van der Waals surface area contributed by atoms with Crippen molar-refractivity contribution in [3.63, 3.8) is 0 Å². The smallest absolute Gasteiger partial charge is 0.234 e. The van der Waals surface area contributed by atoms with Gasteiger partial charge in [0, 0.05) is 18.0 Å². The first kappa shape index (κ1) is 14.7. The third-order valence-electron chi connectivity index (χ3n) is 2.86. The van der Waals surface area contributed by atoms with E-state index in [0.29, 0.717) is 6.54 Å². The van der Waals surface area contributed by atoms with Crippen LogP contribution in [0.2, 0.25) is 0 Å². The second kappa shape index (κ2) is 6.55. The van der Waals surface area contributed by atoms with Gasteiger partial charge in [0.05, 0.1) is 6.54 Å². The fourth-order valence-corrected chi connectivity index (χ4v) is 1.85. The van der Waals surface area contributed by atoms with Crippen LogP contribution in [-0.2, 0) is 10.2 Å². The van der Waals surface area contributed by atoms with Crippen LogP contribution in [0.4, 0.5) is 0 Å². The van der Waals surface area contributed by atoms with E-state index in [1.54, 1.807) is 0 Å². The normalized spacial score (nSPS) is 11.6. The molecule has 3 heteroatoms. The molecule has 0 saturated heterocycles. The van der Waals surface area contributed by atoms with E-state index in [9.17, 15) is 4.79 Å². The molecule has 0 unspecified atom stereocenters. The van der Waals surface area contributed by atoms with Gasteiger partial charge in [0.15, 0.2) is 0 Å². The molecule has 0 spiro atoms. The third-order valence-corrected chi connectivity index (χ3v) is 2.86. The molecule has 0 bridgehead atoms. The molecule has 18 heavy (non-hydrogen) atoms. The molecule has 0 aliphatic carbocycles. The minimum Gasteiger partial charge on any atom is -0.353 e. The number of benzene rings is 1. The van der Waals surface area contributed by atoms with Crippen LogP contribution in [0.15, 0.2) is 30.3 Å². The van der Waals surface area contributed by atoms with E-state index in [1.807, 2.05) is 32.0 Å².